The number of nitrogens with one attached hydrogen (secondary N) is 1. The van der Waals surface area contributed by atoms with Crippen molar-refractivity contribution in [3.05, 3.63) is 29.8 Å². The number of amides is 1. The van der Waals surface area contributed by atoms with Crippen molar-refractivity contribution in [3.63, 3.8) is 0 Å². The Morgan fingerprint density at radius 3 is 2.71 bits per heavy atom. The van der Waals surface area contributed by atoms with Crippen molar-refractivity contribution in [3.8, 4) is 0 Å². The van der Waals surface area contributed by atoms with Crippen molar-refractivity contribution in [1.82, 2.24) is 0 Å². The zero-order valence-corrected chi connectivity index (χ0v) is 13.2. The van der Waals surface area contributed by atoms with E-state index >= 15 is 0 Å². The Hall–Kier alpha value is -1.53. The third-order valence-corrected chi connectivity index (χ3v) is 3.95. The van der Waals surface area contributed by atoms with Crippen LogP contribution < -0.4 is 11.1 Å². The number of anilines is 1. The number of thioether (sulfide) groups is 1. The van der Waals surface area contributed by atoms with E-state index in [1.165, 1.54) is 17.3 Å². The number of nitrogens with two attached hydrogens (primary N) is 1. The van der Waals surface area contributed by atoms with E-state index in [0.29, 0.717) is 18.1 Å². The predicted molar refractivity (Wildman–Crippen MR) is 86.7 cm³/mol. The first-order valence-corrected chi connectivity index (χ1v) is 8.01. The van der Waals surface area contributed by atoms with Gasteiger partial charge in [-0.3, -0.25) is 9.59 Å². The van der Waals surface area contributed by atoms with Crippen LogP contribution >= 0.6 is 11.8 Å². The number of hydrogen-bond acceptors (Lipinski definition) is 4. The second-order valence-electron chi connectivity index (χ2n) is 5.11. The molecule has 0 fully saturated rings. The van der Waals surface area contributed by atoms with Gasteiger partial charge in [-0.15, -0.1) is 0 Å². The summed E-state index contributed by atoms with van der Waals surface area (Å²) >= 11 is 1.38. The SMILES string of the molecule is CC(C)c1cccc(NC(=O)CSCCC(N)C(=O)O)c1. The van der Waals surface area contributed by atoms with Crippen LogP contribution in [0.5, 0.6) is 0 Å². The van der Waals surface area contributed by atoms with Gasteiger partial charge in [-0.25, -0.2) is 0 Å². The van der Waals surface area contributed by atoms with Crippen molar-refractivity contribution in [2.24, 2.45) is 5.73 Å². The van der Waals surface area contributed by atoms with Gasteiger partial charge >= 0.3 is 5.97 Å². The van der Waals surface area contributed by atoms with Crippen LogP contribution in [-0.4, -0.2) is 34.5 Å². The summed E-state index contributed by atoms with van der Waals surface area (Å²) in [5.41, 5.74) is 7.35. The Balaban J connectivity index is 2.34. The Labute approximate surface area is 129 Å². The molecule has 1 aromatic rings. The minimum absolute atomic E-state index is 0.0928. The fourth-order valence-corrected chi connectivity index (χ4v) is 2.49. The highest BCUT2D eigenvalue weighted by molar-refractivity contribution is 7.99. The molecule has 0 aliphatic rings. The van der Waals surface area contributed by atoms with E-state index in [2.05, 4.69) is 19.2 Å². The lowest BCUT2D eigenvalue weighted by molar-refractivity contribution is -0.138. The van der Waals surface area contributed by atoms with Crippen molar-refractivity contribution in [2.45, 2.75) is 32.2 Å². The molecule has 116 valence electrons. The first kappa shape index (κ1) is 17.5. The Bertz CT molecular complexity index is 492. The number of carbonyl (C=O) groups is 2. The van der Waals surface area contributed by atoms with Gasteiger partial charge in [-0.1, -0.05) is 26.0 Å². The maximum atomic E-state index is 11.8. The van der Waals surface area contributed by atoms with E-state index < -0.39 is 12.0 Å². The van der Waals surface area contributed by atoms with E-state index in [1.807, 2.05) is 24.3 Å². The average Bonchev–Trinajstić information content (AvgIpc) is 2.43. The van der Waals surface area contributed by atoms with Crippen LogP contribution in [0.4, 0.5) is 5.69 Å². The summed E-state index contributed by atoms with van der Waals surface area (Å²) in [6.07, 6.45) is 0.357. The van der Waals surface area contributed by atoms with Gasteiger partial charge in [-0.2, -0.15) is 11.8 Å². The number of aliphatic carboxylic acids is 1. The Morgan fingerprint density at radius 2 is 2.10 bits per heavy atom. The first-order chi connectivity index (χ1) is 9.90. The highest BCUT2D eigenvalue weighted by atomic mass is 32.2. The summed E-state index contributed by atoms with van der Waals surface area (Å²) in [4.78, 5) is 22.3. The molecule has 0 aromatic heterocycles. The summed E-state index contributed by atoms with van der Waals surface area (Å²) < 4.78 is 0. The molecule has 1 atom stereocenters. The van der Waals surface area contributed by atoms with Crippen molar-refractivity contribution < 1.29 is 14.7 Å². The van der Waals surface area contributed by atoms with Gasteiger partial charge in [0, 0.05) is 5.69 Å². The monoisotopic (exact) mass is 310 g/mol. The van der Waals surface area contributed by atoms with Gasteiger partial charge in [0.05, 0.1) is 5.75 Å². The maximum absolute atomic E-state index is 11.8. The quantitative estimate of drug-likeness (QED) is 0.641. The van der Waals surface area contributed by atoms with Crippen molar-refractivity contribution in [1.29, 1.82) is 0 Å². The third kappa shape index (κ3) is 6.64. The molecule has 1 amide bonds. The molecule has 6 heteroatoms. The van der Waals surface area contributed by atoms with E-state index in [1.54, 1.807) is 0 Å². The van der Waals surface area contributed by atoms with Crippen LogP contribution in [0.3, 0.4) is 0 Å². The normalized spacial score (nSPS) is 12.2. The highest BCUT2D eigenvalue weighted by Crippen LogP contribution is 2.18. The third-order valence-electron chi connectivity index (χ3n) is 2.96. The summed E-state index contributed by atoms with van der Waals surface area (Å²) in [5, 5.41) is 11.5. The largest absolute Gasteiger partial charge is 0.480 e. The summed E-state index contributed by atoms with van der Waals surface area (Å²) in [7, 11) is 0. The summed E-state index contributed by atoms with van der Waals surface area (Å²) in [5.74, 6) is 0.148. The van der Waals surface area contributed by atoms with Gasteiger partial charge in [0.25, 0.3) is 0 Å². The van der Waals surface area contributed by atoms with Crippen LogP contribution in [0, 0.1) is 0 Å². The molecule has 1 aromatic carbocycles. The molecule has 0 radical (unpaired) electrons. The molecule has 0 aliphatic carbocycles. The van der Waals surface area contributed by atoms with E-state index in [0.717, 1.165) is 5.69 Å². The minimum Gasteiger partial charge on any atom is -0.480 e. The zero-order chi connectivity index (χ0) is 15.8. The van der Waals surface area contributed by atoms with E-state index in [9.17, 15) is 9.59 Å². The van der Waals surface area contributed by atoms with Crippen LogP contribution in [-0.2, 0) is 9.59 Å². The Kier molecular flexibility index (Phi) is 7.25. The second kappa shape index (κ2) is 8.69. The molecule has 0 bridgehead atoms. The molecule has 21 heavy (non-hydrogen) atoms. The number of benzene rings is 1. The van der Waals surface area contributed by atoms with Gasteiger partial charge in [0.15, 0.2) is 0 Å². The summed E-state index contributed by atoms with van der Waals surface area (Å²) in [6.45, 7) is 4.20. The predicted octanol–water partition coefficient (Wildman–Crippen LogP) is 2.28. The van der Waals surface area contributed by atoms with E-state index in [4.69, 9.17) is 10.8 Å². The number of carbonyl (C=O) groups excluding carboxylic acids is 1. The molecule has 4 N–H and O–H groups in total. The lowest BCUT2D eigenvalue weighted by atomic mass is 10.0. The first-order valence-electron chi connectivity index (χ1n) is 6.86. The summed E-state index contributed by atoms with van der Waals surface area (Å²) in [6, 6.07) is 6.91. The minimum atomic E-state index is -1.01. The second-order valence-corrected chi connectivity index (χ2v) is 6.22. The fourth-order valence-electron chi connectivity index (χ4n) is 1.67. The average molecular weight is 310 g/mol. The molecular weight excluding hydrogens is 288 g/mol. The molecule has 0 saturated heterocycles. The smallest absolute Gasteiger partial charge is 0.320 e. The number of rotatable bonds is 8. The maximum Gasteiger partial charge on any atom is 0.320 e. The molecule has 1 rings (SSSR count). The van der Waals surface area contributed by atoms with Crippen molar-refractivity contribution in [2.75, 3.05) is 16.8 Å². The molecular formula is C15H22N2O3S. The van der Waals surface area contributed by atoms with Gasteiger partial charge in [0.1, 0.15) is 6.04 Å². The fraction of sp³-hybridized carbons (Fsp3) is 0.467. The number of carboxylic acids is 1. The molecule has 0 aliphatic heterocycles. The Morgan fingerprint density at radius 1 is 1.38 bits per heavy atom. The van der Waals surface area contributed by atoms with Gasteiger partial charge < -0.3 is 16.2 Å². The van der Waals surface area contributed by atoms with Crippen LogP contribution in [0.25, 0.3) is 0 Å². The van der Waals surface area contributed by atoms with Crippen LogP contribution in [0.15, 0.2) is 24.3 Å². The molecule has 1 unspecified atom stereocenters. The lowest BCUT2D eigenvalue weighted by Gasteiger charge is -2.10. The zero-order valence-electron chi connectivity index (χ0n) is 12.3. The lowest BCUT2D eigenvalue weighted by Crippen LogP contribution is -2.30. The van der Waals surface area contributed by atoms with Crippen molar-refractivity contribution >= 4 is 29.3 Å². The topological polar surface area (TPSA) is 92.4 Å². The highest BCUT2D eigenvalue weighted by Gasteiger charge is 2.11. The number of carboxylic acid groups (broad SMARTS) is 1. The molecule has 5 nitrogen and oxygen atoms in total. The van der Waals surface area contributed by atoms with Crippen LogP contribution in [0.1, 0.15) is 31.7 Å². The standard InChI is InChI=1S/C15H22N2O3S/c1-10(2)11-4-3-5-12(8-11)17-14(18)9-21-7-6-13(16)15(19)20/h3-5,8,10,13H,6-7,9,16H2,1-2H3,(H,17,18)(H,19,20). The molecule has 0 saturated carbocycles. The molecule has 0 spiro atoms. The van der Waals surface area contributed by atoms with Gasteiger partial charge in [-0.05, 0) is 35.8 Å². The van der Waals surface area contributed by atoms with E-state index in [-0.39, 0.29) is 11.7 Å². The van der Waals surface area contributed by atoms with Crippen LogP contribution in [0.2, 0.25) is 0 Å². The number of hydrogen-bond donors (Lipinski definition) is 3. The molecule has 0 heterocycles. The van der Waals surface area contributed by atoms with Gasteiger partial charge in [0.2, 0.25) is 5.91 Å².